The topological polar surface area (TPSA) is 91.5 Å². The van der Waals surface area contributed by atoms with Crippen LogP contribution < -0.4 is 10.9 Å². The maximum Gasteiger partial charge on any atom is 0.409 e. The van der Waals surface area contributed by atoms with Crippen LogP contribution in [0.1, 0.15) is 33.6 Å². The van der Waals surface area contributed by atoms with Gasteiger partial charge in [0.2, 0.25) is 0 Å². The lowest BCUT2D eigenvalue weighted by atomic mass is 10.0. The highest BCUT2D eigenvalue weighted by molar-refractivity contribution is 5.95. The Hall–Kier alpha value is -2.31. The number of nitrogens with zero attached hydrogens (tertiary/aromatic N) is 1. The second kappa shape index (κ2) is 6.64. The van der Waals surface area contributed by atoms with E-state index in [1.165, 1.54) is 0 Å². The lowest BCUT2D eigenvalue weighted by Crippen LogP contribution is -2.43. The van der Waals surface area contributed by atoms with Crippen LogP contribution in [-0.4, -0.2) is 48.1 Å². The summed E-state index contributed by atoms with van der Waals surface area (Å²) < 4.78 is 4.92. The maximum atomic E-state index is 12.2. The molecule has 22 heavy (non-hydrogen) atoms. The molecule has 1 aromatic rings. The minimum absolute atomic E-state index is 0.129. The van der Waals surface area contributed by atoms with Crippen LogP contribution in [0, 0.1) is 20.8 Å². The Bertz CT molecular complexity index is 651. The van der Waals surface area contributed by atoms with Crippen LogP contribution in [-0.2, 0) is 4.74 Å². The maximum absolute atomic E-state index is 12.2. The first-order chi connectivity index (χ1) is 10.4. The molecular formula is C15H21N3O4. The number of aryl methyl sites for hydroxylation is 1. The second-order valence-corrected chi connectivity index (χ2v) is 5.41. The monoisotopic (exact) mass is 307 g/mol. The average molecular weight is 307 g/mol. The van der Waals surface area contributed by atoms with E-state index in [4.69, 9.17) is 4.74 Å². The average Bonchev–Trinajstić information content (AvgIpc) is 2.47. The third-order valence-corrected chi connectivity index (χ3v) is 3.98. The number of ether oxygens (including phenoxy) is 1. The molecule has 0 unspecified atom stereocenters. The molecule has 2 rings (SSSR count). The number of amides is 2. The Morgan fingerprint density at radius 1 is 1.27 bits per heavy atom. The third kappa shape index (κ3) is 3.29. The summed E-state index contributed by atoms with van der Waals surface area (Å²) in [6.07, 6.45) is 0.427. The number of aromatic amines is 1. The van der Waals surface area contributed by atoms with Crippen LogP contribution >= 0.6 is 0 Å². The molecule has 0 aliphatic carbocycles. The van der Waals surface area contributed by atoms with Crippen molar-refractivity contribution in [2.75, 3.05) is 26.2 Å². The molecule has 1 fully saturated rings. The van der Waals surface area contributed by atoms with Gasteiger partial charge < -0.3 is 19.9 Å². The summed E-state index contributed by atoms with van der Waals surface area (Å²) in [5.74, 6) is -0.424. The normalized spacial score (nSPS) is 14.7. The SMILES string of the molecule is Cc1[nH]c(=O)c(C(=O)NCCN2CCCOC2=O)c(C)c1C. The fourth-order valence-electron chi connectivity index (χ4n) is 2.43. The van der Waals surface area contributed by atoms with Crippen LogP contribution in [0.25, 0.3) is 0 Å². The molecule has 2 heterocycles. The van der Waals surface area contributed by atoms with Crippen molar-refractivity contribution >= 4 is 12.0 Å². The number of H-pyrrole nitrogens is 1. The number of carbonyl (C=O) groups excluding carboxylic acids is 2. The zero-order chi connectivity index (χ0) is 16.3. The number of rotatable bonds is 4. The molecule has 0 saturated carbocycles. The Labute approximate surface area is 128 Å². The predicted octanol–water partition coefficient (Wildman–Crippen LogP) is 0.872. The van der Waals surface area contributed by atoms with Gasteiger partial charge in [-0.25, -0.2) is 4.79 Å². The van der Waals surface area contributed by atoms with E-state index in [0.29, 0.717) is 25.3 Å². The zero-order valence-corrected chi connectivity index (χ0v) is 13.1. The molecule has 0 bridgehead atoms. The number of hydrogen-bond acceptors (Lipinski definition) is 4. The highest BCUT2D eigenvalue weighted by Gasteiger charge is 2.20. The minimum atomic E-state index is -0.424. The lowest BCUT2D eigenvalue weighted by molar-refractivity contribution is 0.0719. The molecule has 2 amide bonds. The van der Waals surface area contributed by atoms with Crippen molar-refractivity contribution in [2.24, 2.45) is 0 Å². The fraction of sp³-hybridized carbons (Fsp3) is 0.533. The van der Waals surface area contributed by atoms with Gasteiger partial charge in [-0.3, -0.25) is 9.59 Å². The highest BCUT2D eigenvalue weighted by atomic mass is 16.6. The van der Waals surface area contributed by atoms with Crippen molar-refractivity contribution in [1.82, 2.24) is 15.2 Å². The van der Waals surface area contributed by atoms with Crippen molar-refractivity contribution in [1.29, 1.82) is 0 Å². The fourth-order valence-corrected chi connectivity index (χ4v) is 2.43. The van der Waals surface area contributed by atoms with Crippen LogP contribution in [0.4, 0.5) is 4.79 Å². The smallest absolute Gasteiger partial charge is 0.409 e. The Balaban J connectivity index is 2.00. The molecule has 0 aromatic carbocycles. The van der Waals surface area contributed by atoms with Crippen molar-refractivity contribution in [3.8, 4) is 0 Å². The van der Waals surface area contributed by atoms with Gasteiger partial charge in [-0.2, -0.15) is 0 Å². The standard InChI is InChI=1S/C15H21N3O4/c1-9-10(2)12(14(20)17-11(9)3)13(19)16-5-7-18-6-4-8-22-15(18)21/h4-8H2,1-3H3,(H,16,19)(H,17,20). The predicted molar refractivity (Wildman–Crippen MR) is 81.1 cm³/mol. The highest BCUT2D eigenvalue weighted by Crippen LogP contribution is 2.11. The number of aromatic nitrogens is 1. The van der Waals surface area contributed by atoms with Gasteiger partial charge in [-0.1, -0.05) is 0 Å². The summed E-state index contributed by atoms with van der Waals surface area (Å²) in [6, 6.07) is 0. The summed E-state index contributed by atoms with van der Waals surface area (Å²) in [7, 11) is 0. The summed E-state index contributed by atoms with van der Waals surface area (Å²) in [4.78, 5) is 39.9. The van der Waals surface area contributed by atoms with Gasteiger partial charge in [0.1, 0.15) is 5.56 Å². The number of hydrogen-bond donors (Lipinski definition) is 2. The van der Waals surface area contributed by atoms with Gasteiger partial charge in [0.25, 0.3) is 11.5 Å². The number of carbonyl (C=O) groups is 2. The molecule has 1 aromatic heterocycles. The molecule has 0 radical (unpaired) electrons. The zero-order valence-electron chi connectivity index (χ0n) is 13.1. The second-order valence-electron chi connectivity index (χ2n) is 5.41. The molecule has 7 nitrogen and oxygen atoms in total. The number of nitrogens with one attached hydrogen (secondary N) is 2. The third-order valence-electron chi connectivity index (χ3n) is 3.98. The van der Waals surface area contributed by atoms with E-state index in [-0.39, 0.29) is 18.2 Å². The summed E-state index contributed by atoms with van der Waals surface area (Å²) >= 11 is 0. The molecule has 0 atom stereocenters. The Morgan fingerprint density at radius 3 is 2.68 bits per heavy atom. The lowest BCUT2D eigenvalue weighted by Gasteiger charge is -2.26. The first-order valence-corrected chi connectivity index (χ1v) is 7.31. The first-order valence-electron chi connectivity index (χ1n) is 7.31. The van der Waals surface area contributed by atoms with Crippen LogP contribution in [0.3, 0.4) is 0 Å². The van der Waals surface area contributed by atoms with E-state index >= 15 is 0 Å². The molecule has 2 N–H and O–H groups in total. The van der Waals surface area contributed by atoms with Gasteiger partial charge in [0.15, 0.2) is 0 Å². The molecule has 120 valence electrons. The molecule has 7 heteroatoms. The quantitative estimate of drug-likeness (QED) is 0.863. The van der Waals surface area contributed by atoms with Crippen molar-refractivity contribution in [3.63, 3.8) is 0 Å². The van der Waals surface area contributed by atoms with E-state index in [9.17, 15) is 14.4 Å². The van der Waals surface area contributed by atoms with Crippen molar-refractivity contribution in [3.05, 3.63) is 32.7 Å². The van der Waals surface area contributed by atoms with Crippen molar-refractivity contribution < 1.29 is 14.3 Å². The van der Waals surface area contributed by atoms with Gasteiger partial charge >= 0.3 is 6.09 Å². The van der Waals surface area contributed by atoms with E-state index in [0.717, 1.165) is 17.7 Å². The van der Waals surface area contributed by atoms with Crippen LogP contribution in [0.15, 0.2) is 4.79 Å². The van der Waals surface area contributed by atoms with Crippen LogP contribution in [0.2, 0.25) is 0 Å². The molecular weight excluding hydrogens is 286 g/mol. The number of pyridine rings is 1. The van der Waals surface area contributed by atoms with Gasteiger partial charge in [0.05, 0.1) is 6.61 Å². The molecule has 1 saturated heterocycles. The van der Waals surface area contributed by atoms with Gasteiger partial charge in [0, 0.05) is 25.3 Å². The van der Waals surface area contributed by atoms with E-state index in [1.807, 2.05) is 6.92 Å². The van der Waals surface area contributed by atoms with E-state index in [2.05, 4.69) is 10.3 Å². The van der Waals surface area contributed by atoms with Crippen molar-refractivity contribution in [2.45, 2.75) is 27.2 Å². The van der Waals surface area contributed by atoms with Crippen LogP contribution in [0.5, 0.6) is 0 Å². The summed E-state index contributed by atoms with van der Waals surface area (Å²) in [6.45, 7) is 7.13. The van der Waals surface area contributed by atoms with Gasteiger partial charge in [-0.15, -0.1) is 0 Å². The molecule has 1 aliphatic rings. The minimum Gasteiger partial charge on any atom is -0.449 e. The first kappa shape index (κ1) is 16.1. The molecule has 0 spiro atoms. The summed E-state index contributed by atoms with van der Waals surface area (Å²) in [5.41, 5.74) is 2.07. The summed E-state index contributed by atoms with van der Waals surface area (Å²) in [5, 5.41) is 2.69. The molecule has 1 aliphatic heterocycles. The Kier molecular flexibility index (Phi) is 4.85. The van der Waals surface area contributed by atoms with E-state index in [1.54, 1.807) is 18.7 Å². The largest absolute Gasteiger partial charge is 0.449 e. The number of cyclic esters (lactones) is 1. The van der Waals surface area contributed by atoms with Gasteiger partial charge in [-0.05, 0) is 38.3 Å². The van der Waals surface area contributed by atoms with E-state index < -0.39 is 11.5 Å². The Morgan fingerprint density at radius 2 is 2.00 bits per heavy atom.